The Morgan fingerprint density at radius 2 is 2.05 bits per heavy atom. The molecule has 0 aromatic heterocycles. The van der Waals surface area contributed by atoms with Crippen LogP contribution in [0.15, 0.2) is 24.3 Å². The second kappa shape index (κ2) is 6.78. The molecule has 1 aliphatic rings. The van der Waals surface area contributed by atoms with Gasteiger partial charge in [-0.15, -0.1) is 0 Å². The van der Waals surface area contributed by atoms with Crippen LogP contribution in [-0.2, 0) is 4.79 Å². The van der Waals surface area contributed by atoms with Gasteiger partial charge in [0.1, 0.15) is 0 Å². The smallest absolute Gasteiger partial charge is 0.227 e. The molecule has 3 N–H and O–H groups in total. The molecule has 110 valence electrons. The van der Waals surface area contributed by atoms with Crippen LogP contribution in [0.25, 0.3) is 0 Å². The highest BCUT2D eigenvalue weighted by atomic mass is 16.1. The number of anilines is 1. The van der Waals surface area contributed by atoms with E-state index in [0.717, 1.165) is 18.0 Å². The van der Waals surface area contributed by atoms with Gasteiger partial charge in [-0.3, -0.25) is 4.79 Å². The molecule has 0 saturated heterocycles. The molecule has 1 aromatic carbocycles. The number of carbonyl (C=O) groups excluding carboxylic acids is 1. The topological polar surface area (TPSA) is 55.1 Å². The number of carbonyl (C=O) groups is 1. The van der Waals surface area contributed by atoms with Gasteiger partial charge in [0.05, 0.1) is 5.92 Å². The lowest BCUT2D eigenvalue weighted by Gasteiger charge is -2.26. The minimum atomic E-state index is -0.138. The van der Waals surface area contributed by atoms with Crippen LogP contribution in [0.3, 0.4) is 0 Å². The third-order valence-corrected chi connectivity index (χ3v) is 4.50. The van der Waals surface area contributed by atoms with Crippen molar-refractivity contribution in [3.63, 3.8) is 0 Å². The van der Waals surface area contributed by atoms with E-state index in [9.17, 15) is 4.79 Å². The Labute approximate surface area is 121 Å². The van der Waals surface area contributed by atoms with E-state index in [-0.39, 0.29) is 11.8 Å². The Kier molecular flexibility index (Phi) is 5.05. The Morgan fingerprint density at radius 1 is 1.35 bits per heavy atom. The van der Waals surface area contributed by atoms with Crippen molar-refractivity contribution >= 4 is 11.6 Å². The van der Waals surface area contributed by atoms with Gasteiger partial charge in [-0.2, -0.15) is 0 Å². The zero-order valence-corrected chi connectivity index (χ0v) is 12.6. The number of hydrogen-bond donors (Lipinski definition) is 2. The minimum absolute atomic E-state index is 0.106. The molecule has 1 aromatic rings. The summed E-state index contributed by atoms with van der Waals surface area (Å²) in [6.07, 6.45) is 5.08. The third kappa shape index (κ3) is 3.99. The van der Waals surface area contributed by atoms with Gasteiger partial charge in [-0.1, -0.05) is 31.9 Å². The second-order valence-electron chi connectivity index (χ2n) is 6.26. The monoisotopic (exact) mass is 274 g/mol. The third-order valence-electron chi connectivity index (χ3n) is 4.50. The molecule has 0 bridgehead atoms. The first-order valence-electron chi connectivity index (χ1n) is 7.69. The van der Waals surface area contributed by atoms with Crippen LogP contribution in [0.5, 0.6) is 0 Å². The zero-order valence-electron chi connectivity index (χ0n) is 12.6. The fourth-order valence-electron chi connectivity index (χ4n) is 2.91. The Hall–Kier alpha value is -1.51. The van der Waals surface area contributed by atoms with Crippen LogP contribution in [-0.4, -0.2) is 12.5 Å². The predicted molar refractivity (Wildman–Crippen MR) is 83.4 cm³/mol. The summed E-state index contributed by atoms with van der Waals surface area (Å²) >= 11 is 0. The van der Waals surface area contributed by atoms with E-state index in [1.165, 1.54) is 25.7 Å². The van der Waals surface area contributed by atoms with Crippen LogP contribution in [0, 0.1) is 11.8 Å². The zero-order chi connectivity index (χ0) is 14.5. The molecule has 1 aliphatic carbocycles. The summed E-state index contributed by atoms with van der Waals surface area (Å²) in [6.45, 7) is 5.07. The molecule has 0 spiro atoms. The summed E-state index contributed by atoms with van der Waals surface area (Å²) in [5.41, 5.74) is 7.47. The molecule has 1 atom stereocenters. The SMILES string of the molecule is CC1CCC(CNC(=O)C(C)c2cccc(N)c2)CC1. The highest BCUT2D eigenvalue weighted by molar-refractivity contribution is 5.83. The molecule has 0 radical (unpaired) electrons. The highest BCUT2D eigenvalue weighted by Crippen LogP contribution is 2.28. The van der Waals surface area contributed by atoms with Gasteiger partial charge in [0.2, 0.25) is 5.91 Å². The number of nitrogens with two attached hydrogens (primary N) is 1. The van der Waals surface area contributed by atoms with Crippen molar-refractivity contribution < 1.29 is 4.79 Å². The van der Waals surface area contributed by atoms with Crippen molar-refractivity contribution in [2.45, 2.75) is 45.4 Å². The van der Waals surface area contributed by atoms with Crippen molar-refractivity contribution in [3.05, 3.63) is 29.8 Å². The van der Waals surface area contributed by atoms with Crippen LogP contribution < -0.4 is 11.1 Å². The van der Waals surface area contributed by atoms with E-state index in [2.05, 4.69) is 12.2 Å². The number of amides is 1. The quantitative estimate of drug-likeness (QED) is 0.828. The van der Waals surface area contributed by atoms with Crippen molar-refractivity contribution in [1.82, 2.24) is 5.32 Å². The van der Waals surface area contributed by atoms with Gasteiger partial charge in [0.25, 0.3) is 0 Å². The van der Waals surface area contributed by atoms with Crippen LogP contribution in [0.1, 0.15) is 51.0 Å². The molecule has 1 unspecified atom stereocenters. The first kappa shape index (κ1) is 14.9. The van der Waals surface area contributed by atoms with Gasteiger partial charge >= 0.3 is 0 Å². The molecular weight excluding hydrogens is 248 g/mol. The van der Waals surface area contributed by atoms with Crippen molar-refractivity contribution in [3.8, 4) is 0 Å². The molecule has 0 aliphatic heterocycles. The summed E-state index contributed by atoms with van der Waals surface area (Å²) in [6, 6.07) is 7.59. The first-order valence-corrected chi connectivity index (χ1v) is 7.69. The average molecular weight is 274 g/mol. The number of nitrogens with one attached hydrogen (secondary N) is 1. The first-order chi connectivity index (χ1) is 9.56. The molecular formula is C17H26N2O. The van der Waals surface area contributed by atoms with Crippen molar-refractivity contribution in [2.24, 2.45) is 11.8 Å². The van der Waals surface area contributed by atoms with Gasteiger partial charge < -0.3 is 11.1 Å². The summed E-state index contributed by atoms with van der Waals surface area (Å²) < 4.78 is 0. The van der Waals surface area contributed by atoms with Gasteiger partial charge in [-0.05, 0) is 49.3 Å². The molecule has 2 rings (SSSR count). The summed E-state index contributed by atoms with van der Waals surface area (Å²) in [5.74, 6) is 1.48. The largest absolute Gasteiger partial charge is 0.399 e. The molecule has 20 heavy (non-hydrogen) atoms. The lowest BCUT2D eigenvalue weighted by Crippen LogP contribution is -2.33. The lowest BCUT2D eigenvalue weighted by molar-refractivity contribution is -0.122. The standard InChI is InChI=1S/C17H26N2O/c1-12-6-8-14(9-7-12)11-19-17(20)13(2)15-4-3-5-16(18)10-15/h3-5,10,12-14H,6-9,11,18H2,1-2H3,(H,19,20). The maximum absolute atomic E-state index is 12.2. The van der Waals surface area contributed by atoms with Crippen LogP contribution in [0.4, 0.5) is 5.69 Å². The maximum atomic E-state index is 12.2. The van der Waals surface area contributed by atoms with E-state index in [4.69, 9.17) is 5.73 Å². The maximum Gasteiger partial charge on any atom is 0.227 e. The Balaban J connectivity index is 1.82. The van der Waals surface area contributed by atoms with E-state index in [0.29, 0.717) is 11.6 Å². The fraction of sp³-hybridized carbons (Fsp3) is 0.588. The van der Waals surface area contributed by atoms with Crippen LogP contribution >= 0.6 is 0 Å². The summed E-state index contributed by atoms with van der Waals surface area (Å²) in [5, 5.41) is 3.11. The number of nitrogen functional groups attached to an aromatic ring is 1. The van der Waals surface area contributed by atoms with Gasteiger partial charge in [-0.25, -0.2) is 0 Å². The molecule has 1 amide bonds. The Bertz CT molecular complexity index is 450. The molecule has 3 heteroatoms. The van der Waals surface area contributed by atoms with E-state index < -0.39 is 0 Å². The Morgan fingerprint density at radius 3 is 2.70 bits per heavy atom. The molecule has 1 fully saturated rings. The highest BCUT2D eigenvalue weighted by Gasteiger charge is 2.20. The second-order valence-corrected chi connectivity index (χ2v) is 6.26. The fourth-order valence-corrected chi connectivity index (χ4v) is 2.91. The van der Waals surface area contributed by atoms with Crippen LogP contribution in [0.2, 0.25) is 0 Å². The minimum Gasteiger partial charge on any atom is -0.399 e. The van der Waals surface area contributed by atoms with Crippen molar-refractivity contribution in [2.75, 3.05) is 12.3 Å². The van der Waals surface area contributed by atoms with E-state index in [1.807, 2.05) is 31.2 Å². The summed E-state index contributed by atoms with van der Waals surface area (Å²) in [4.78, 5) is 12.2. The average Bonchev–Trinajstić information content (AvgIpc) is 2.45. The van der Waals surface area contributed by atoms with E-state index in [1.54, 1.807) is 0 Å². The molecule has 3 nitrogen and oxygen atoms in total. The van der Waals surface area contributed by atoms with Gasteiger partial charge in [0.15, 0.2) is 0 Å². The normalized spacial score (nSPS) is 24.1. The van der Waals surface area contributed by atoms with E-state index >= 15 is 0 Å². The van der Waals surface area contributed by atoms with Crippen molar-refractivity contribution in [1.29, 1.82) is 0 Å². The number of hydrogen-bond acceptors (Lipinski definition) is 2. The predicted octanol–water partition coefficient (Wildman–Crippen LogP) is 3.31. The lowest BCUT2D eigenvalue weighted by atomic mass is 9.83. The summed E-state index contributed by atoms with van der Waals surface area (Å²) in [7, 11) is 0. The van der Waals surface area contributed by atoms with Gasteiger partial charge in [0, 0.05) is 12.2 Å². The number of rotatable bonds is 4. The molecule has 0 heterocycles. The number of benzene rings is 1. The molecule has 1 saturated carbocycles.